The monoisotopic (exact) mass is 498 g/mol. The van der Waals surface area contributed by atoms with Crippen LogP contribution in [-0.2, 0) is 4.74 Å². The highest BCUT2D eigenvalue weighted by Crippen LogP contribution is 2.32. The van der Waals surface area contributed by atoms with Crippen molar-refractivity contribution in [1.82, 2.24) is 20.2 Å². The Kier molecular flexibility index (Phi) is 7.43. The Hall–Kier alpha value is -4.21. The molecule has 9 heteroatoms. The zero-order valence-corrected chi connectivity index (χ0v) is 20.7. The lowest BCUT2D eigenvalue weighted by Gasteiger charge is -2.26. The summed E-state index contributed by atoms with van der Waals surface area (Å²) in [6.45, 7) is 6.60. The molecule has 1 amide bonds. The lowest BCUT2D eigenvalue weighted by molar-refractivity contribution is 0.0383. The van der Waals surface area contributed by atoms with Crippen molar-refractivity contribution in [2.45, 2.75) is 6.92 Å². The van der Waals surface area contributed by atoms with E-state index in [9.17, 15) is 4.79 Å². The molecule has 0 bridgehead atoms. The summed E-state index contributed by atoms with van der Waals surface area (Å²) in [6.07, 6.45) is 1.62. The van der Waals surface area contributed by atoms with Crippen LogP contribution in [0.2, 0.25) is 0 Å². The molecule has 190 valence electrons. The van der Waals surface area contributed by atoms with E-state index < -0.39 is 0 Å². The van der Waals surface area contributed by atoms with Gasteiger partial charge in [0.25, 0.3) is 5.91 Å². The van der Waals surface area contributed by atoms with Crippen LogP contribution in [0.4, 0.5) is 17.3 Å². The molecule has 1 fully saturated rings. The number of amides is 1. The molecule has 5 rings (SSSR count). The Morgan fingerprint density at radius 2 is 1.89 bits per heavy atom. The molecule has 0 saturated carbocycles. The predicted octanol–water partition coefficient (Wildman–Crippen LogP) is 4.12. The molecule has 0 spiro atoms. The number of hydrogen-bond acceptors (Lipinski definition) is 8. The molecule has 1 aliphatic rings. The van der Waals surface area contributed by atoms with Gasteiger partial charge in [0.15, 0.2) is 0 Å². The summed E-state index contributed by atoms with van der Waals surface area (Å²) in [7, 11) is 0. The second kappa shape index (κ2) is 11.2. The van der Waals surface area contributed by atoms with Crippen LogP contribution < -0.4 is 21.1 Å². The third kappa shape index (κ3) is 6.14. The van der Waals surface area contributed by atoms with E-state index in [0.29, 0.717) is 41.1 Å². The highest BCUT2D eigenvalue weighted by atomic mass is 16.5. The maximum Gasteiger partial charge on any atom is 0.251 e. The summed E-state index contributed by atoms with van der Waals surface area (Å²) in [4.78, 5) is 23.9. The third-order valence-corrected chi connectivity index (χ3v) is 6.18. The summed E-state index contributed by atoms with van der Waals surface area (Å²) < 4.78 is 11.5. The Morgan fingerprint density at radius 3 is 2.73 bits per heavy atom. The number of hydrogen-bond donors (Lipinski definition) is 3. The number of anilines is 3. The molecular formula is C28H30N6O3. The summed E-state index contributed by atoms with van der Waals surface area (Å²) in [5, 5.41) is 8.03. The zero-order valence-electron chi connectivity index (χ0n) is 20.7. The van der Waals surface area contributed by atoms with Crippen LogP contribution in [0.3, 0.4) is 0 Å². The molecule has 2 heterocycles. The fraction of sp³-hybridized carbons (Fsp3) is 0.250. The molecule has 0 atom stereocenters. The van der Waals surface area contributed by atoms with Crippen LogP contribution in [0.5, 0.6) is 11.6 Å². The number of nitrogens with one attached hydrogen (secondary N) is 2. The number of carbonyl (C=O) groups excluding carboxylic acids is 1. The van der Waals surface area contributed by atoms with Gasteiger partial charge in [0.1, 0.15) is 5.75 Å². The topological polar surface area (TPSA) is 115 Å². The molecule has 9 nitrogen and oxygen atoms in total. The van der Waals surface area contributed by atoms with E-state index in [2.05, 4.69) is 25.5 Å². The molecule has 1 aromatic heterocycles. The molecule has 4 N–H and O–H groups in total. The molecule has 1 saturated heterocycles. The standard InChI is InChI=1S/C28H30N6O3/c1-19-16-20(27(35)30-10-11-34-12-14-36-15-13-34)18-21(17-19)32-28-31-9-8-26(33-28)37-25-7-6-24(29)22-4-2-3-5-23(22)25/h2-9,16-18H,10-15,29H2,1H3,(H,30,35)(H,31,32,33). The number of aromatic nitrogens is 2. The minimum absolute atomic E-state index is 0.117. The summed E-state index contributed by atoms with van der Waals surface area (Å²) in [5.74, 6) is 1.29. The number of morpholine rings is 1. The number of ether oxygens (including phenoxy) is 2. The van der Waals surface area contributed by atoms with Crippen LogP contribution in [0, 0.1) is 6.92 Å². The minimum atomic E-state index is -0.117. The number of benzene rings is 3. The van der Waals surface area contributed by atoms with Gasteiger partial charge in [-0.1, -0.05) is 24.3 Å². The van der Waals surface area contributed by atoms with Gasteiger partial charge in [-0.3, -0.25) is 9.69 Å². The van der Waals surface area contributed by atoms with Gasteiger partial charge in [0.05, 0.1) is 13.2 Å². The largest absolute Gasteiger partial charge is 0.438 e. The van der Waals surface area contributed by atoms with Crippen molar-refractivity contribution in [1.29, 1.82) is 0 Å². The second-order valence-electron chi connectivity index (χ2n) is 8.94. The van der Waals surface area contributed by atoms with Crippen LogP contribution in [0.25, 0.3) is 10.8 Å². The number of rotatable bonds is 8. The number of nitrogens with two attached hydrogens (primary N) is 1. The van der Waals surface area contributed by atoms with Crippen molar-refractivity contribution in [2.75, 3.05) is 50.4 Å². The van der Waals surface area contributed by atoms with Crippen LogP contribution in [0.15, 0.2) is 66.9 Å². The van der Waals surface area contributed by atoms with E-state index in [0.717, 1.165) is 49.2 Å². The van der Waals surface area contributed by atoms with Crippen molar-refractivity contribution in [3.63, 3.8) is 0 Å². The maximum atomic E-state index is 12.8. The van der Waals surface area contributed by atoms with E-state index in [1.807, 2.05) is 55.5 Å². The lowest BCUT2D eigenvalue weighted by Crippen LogP contribution is -2.41. The van der Waals surface area contributed by atoms with Crippen molar-refractivity contribution in [3.8, 4) is 11.6 Å². The normalized spacial score (nSPS) is 13.9. The first-order valence-electron chi connectivity index (χ1n) is 12.3. The number of nitrogen functional groups attached to an aromatic ring is 1. The number of carbonyl (C=O) groups is 1. The predicted molar refractivity (Wildman–Crippen MR) is 145 cm³/mol. The zero-order chi connectivity index (χ0) is 25.6. The SMILES string of the molecule is Cc1cc(Nc2nccc(Oc3ccc(N)c4ccccc34)n2)cc(C(=O)NCCN2CCOCC2)c1. The quantitative estimate of drug-likeness (QED) is 0.311. The Labute approximate surface area is 215 Å². The number of nitrogens with zero attached hydrogens (tertiary/aromatic N) is 3. The van der Waals surface area contributed by atoms with Gasteiger partial charge in [0, 0.05) is 66.2 Å². The van der Waals surface area contributed by atoms with E-state index >= 15 is 0 Å². The smallest absolute Gasteiger partial charge is 0.251 e. The molecule has 0 radical (unpaired) electrons. The summed E-state index contributed by atoms with van der Waals surface area (Å²) >= 11 is 0. The van der Waals surface area contributed by atoms with Crippen molar-refractivity contribution >= 4 is 34.0 Å². The van der Waals surface area contributed by atoms with Crippen molar-refractivity contribution in [2.24, 2.45) is 0 Å². The van der Waals surface area contributed by atoms with E-state index in [1.165, 1.54) is 0 Å². The van der Waals surface area contributed by atoms with Gasteiger partial charge in [-0.05, 0) is 42.8 Å². The van der Waals surface area contributed by atoms with Crippen molar-refractivity contribution < 1.29 is 14.3 Å². The van der Waals surface area contributed by atoms with Crippen LogP contribution >= 0.6 is 0 Å². The first-order chi connectivity index (χ1) is 18.0. The highest BCUT2D eigenvalue weighted by Gasteiger charge is 2.13. The number of aryl methyl sites for hydroxylation is 1. The van der Waals surface area contributed by atoms with Gasteiger partial charge in [-0.25, -0.2) is 4.98 Å². The Balaban J connectivity index is 1.26. The third-order valence-electron chi connectivity index (χ3n) is 6.18. The molecule has 4 aromatic rings. The Morgan fingerprint density at radius 1 is 1.08 bits per heavy atom. The summed E-state index contributed by atoms with van der Waals surface area (Å²) in [5.41, 5.74) is 9.04. The molecule has 0 unspecified atom stereocenters. The average Bonchev–Trinajstić information content (AvgIpc) is 2.91. The average molecular weight is 499 g/mol. The number of fused-ring (bicyclic) bond motifs is 1. The van der Waals surface area contributed by atoms with Crippen molar-refractivity contribution in [3.05, 3.63) is 78.0 Å². The first-order valence-corrected chi connectivity index (χ1v) is 12.3. The first kappa shape index (κ1) is 24.5. The van der Waals surface area contributed by atoms with E-state index in [-0.39, 0.29) is 5.91 Å². The van der Waals surface area contributed by atoms with E-state index in [4.69, 9.17) is 15.2 Å². The van der Waals surface area contributed by atoms with Gasteiger partial charge < -0.3 is 25.8 Å². The minimum Gasteiger partial charge on any atom is -0.438 e. The summed E-state index contributed by atoms with van der Waals surface area (Å²) in [6, 6.07) is 18.7. The maximum absolute atomic E-state index is 12.8. The molecular weight excluding hydrogens is 468 g/mol. The Bertz CT molecular complexity index is 1400. The van der Waals surface area contributed by atoms with E-state index in [1.54, 1.807) is 18.3 Å². The van der Waals surface area contributed by atoms with Gasteiger partial charge >= 0.3 is 0 Å². The van der Waals surface area contributed by atoms with Crippen LogP contribution in [0.1, 0.15) is 15.9 Å². The molecule has 1 aliphatic heterocycles. The second-order valence-corrected chi connectivity index (χ2v) is 8.94. The molecule has 37 heavy (non-hydrogen) atoms. The fourth-order valence-electron chi connectivity index (χ4n) is 4.33. The highest BCUT2D eigenvalue weighted by molar-refractivity contribution is 5.97. The van der Waals surface area contributed by atoms with Crippen LogP contribution in [-0.4, -0.2) is 60.2 Å². The lowest BCUT2D eigenvalue weighted by atomic mass is 10.1. The molecule has 3 aromatic carbocycles. The van der Waals surface area contributed by atoms with Gasteiger partial charge in [0.2, 0.25) is 11.8 Å². The van der Waals surface area contributed by atoms with Gasteiger partial charge in [-0.15, -0.1) is 0 Å². The van der Waals surface area contributed by atoms with Gasteiger partial charge in [-0.2, -0.15) is 4.98 Å². The fourth-order valence-corrected chi connectivity index (χ4v) is 4.33. The molecule has 0 aliphatic carbocycles.